The first kappa shape index (κ1) is 15.6. The Hall–Kier alpha value is -1.75. The number of halogens is 2. The van der Waals surface area contributed by atoms with E-state index in [2.05, 4.69) is 15.9 Å². The number of rotatable bonds is 5. The van der Waals surface area contributed by atoms with Crippen molar-refractivity contribution in [2.24, 2.45) is 0 Å². The van der Waals surface area contributed by atoms with Crippen LogP contribution in [0, 0.1) is 5.82 Å². The summed E-state index contributed by atoms with van der Waals surface area (Å²) in [5.41, 5.74) is 7.03. The molecule has 3 nitrogen and oxygen atoms in total. The fraction of sp³-hybridized carbons (Fsp3) is 0.250. The molecule has 0 amide bonds. The number of nitrogens with two attached hydrogens (primary N) is 1. The molecule has 21 heavy (non-hydrogen) atoms. The third kappa shape index (κ3) is 4.36. The zero-order valence-corrected chi connectivity index (χ0v) is 13.5. The highest BCUT2D eigenvalue weighted by atomic mass is 79.9. The van der Waals surface area contributed by atoms with Gasteiger partial charge in [0.15, 0.2) is 11.6 Å². The predicted octanol–water partition coefficient (Wildman–Crippen LogP) is 4.54. The van der Waals surface area contributed by atoms with Gasteiger partial charge in [-0.3, -0.25) is 0 Å². The van der Waals surface area contributed by atoms with Crippen LogP contribution in [0.4, 0.5) is 10.1 Å². The second kappa shape index (κ2) is 6.80. The molecule has 0 radical (unpaired) electrons. The van der Waals surface area contributed by atoms with Crippen LogP contribution < -0.4 is 15.2 Å². The second-order valence-electron chi connectivity index (χ2n) is 4.90. The van der Waals surface area contributed by atoms with Crippen LogP contribution in [0.5, 0.6) is 11.5 Å². The van der Waals surface area contributed by atoms with E-state index < -0.39 is 5.82 Å². The van der Waals surface area contributed by atoms with Gasteiger partial charge in [0.1, 0.15) is 12.4 Å². The van der Waals surface area contributed by atoms with E-state index in [0.29, 0.717) is 12.4 Å². The number of benzene rings is 2. The first-order valence-electron chi connectivity index (χ1n) is 6.58. The largest absolute Gasteiger partial charge is 0.488 e. The normalized spacial score (nSPS) is 10.7. The SMILES string of the molecule is CC(C)Oc1cc(OCc2ccc(Br)cc2)c(N)cc1F. The molecule has 0 aliphatic rings. The van der Waals surface area contributed by atoms with Crippen molar-refractivity contribution in [2.75, 3.05) is 5.73 Å². The van der Waals surface area contributed by atoms with Crippen LogP contribution in [0.3, 0.4) is 0 Å². The summed E-state index contributed by atoms with van der Waals surface area (Å²) in [5.74, 6) is 0.0668. The number of hydrogen-bond acceptors (Lipinski definition) is 3. The van der Waals surface area contributed by atoms with E-state index >= 15 is 0 Å². The van der Waals surface area contributed by atoms with Crippen LogP contribution in [-0.4, -0.2) is 6.10 Å². The fourth-order valence-electron chi connectivity index (χ4n) is 1.76. The number of hydrogen-bond donors (Lipinski definition) is 1. The Labute approximate surface area is 132 Å². The molecule has 0 bridgehead atoms. The Morgan fingerprint density at radius 1 is 1.14 bits per heavy atom. The van der Waals surface area contributed by atoms with Crippen molar-refractivity contribution in [3.8, 4) is 11.5 Å². The monoisotopic (exact) mass is 353 g/mol. The van der Waals surface area contributed by atoms with Gasteiger partial charge in [0.2, 0.25) is 0 Å². The molecule has 0 unspecified atom stereocenters. The molecule has 0 fully saturated rings. The standard InChI is InChI=1S/C16H17BrFNO2/c1-10(2)21-15-8-16(14(19)7-13(15)18)20-9-11-3-5-12(17)6-4-11/h3-8,10H,9,19H2,1-2H3. The summed E-state index contributed by atoms with van der Waals surface area (Å²) in [6, 6.07) is 10.4. The van der Waals surface area contributed by atoms with Gasteiger partial charge in [0.05, 0.1) is 11.8 Å². The molecule has 2 aromatic carbocycles. The van der Waals surface area contributed by atoms with Crippen molar-refractivity contribution in [3.63, 3.8) is 0 Å². The maximum atomic E-state index is 13.7. The fourth-order valence-corrected chi connectivity index (χ4v) is 2.03. The molecule has 0 atom stereocenters. The van der Waals surface area contributed by atoms with E-state index in [9.17, 15) is 4.39 Å². The highest BCUT2D eigenvalue weighted by Gasteiger charge is 2.11. The molecule has 0 aliphatic carbocycles. The molecule has 0 aliphatic heterocycles. The van der Waals surface area contributed by atoms with Gasteiger partial charge in [0.25, 0.3) is 0 Å². The van der Waals surface area contributed by atoms with Gasteiger partial charge in [-0.1, -0.05) is 28.1 Å². The van der Waals surface area contributed by atoms with Crippen molar-refractivity contribution in [1.82, 2.24) is 0 Å². The Kier molecular flexibility index (Phi) is 5.07. The van der Waals surface area contributed by atoms with Crippen molar-refractivity contribution >= 4 is 21.6 Å². The van der Waals surface area contributed by atoms with Crippen LogP contribution in [0.1, 0.15) is 19.4 Å². The van der Waals surface area contributed by atoms with Gasteiger partial charge >= 0.3 is 0 Å². The Balaban J connectivity index is 2.13. The molecular weight excluding hydrogens is 337 g/mol. The Morgan fingerprint density at radius 3 is 2.43 bits per heavy atom. The number of anilines is 1. The van der Waals surface area contributed by atoms with E-state index in [1.165, 1.54) is 12.1 Å². The van der Waals surface area contributed by atoms with Crippen LogP contribution >= 0.6 is 15.9 Å². The third-order valence-corrected chi connectivity index (χ3v) is 3.26. The van der Waals surface area contributed by atoms with Gasteiger partial charge in [-0.15, -0.1) is 0 Å². The average molecular weight is 354 g/mol. The first-order chi connectivity index (χ1) is 9.95. The number of nitrogen functional groups attached to an aromatic ring is 1. The molecule has 112 valence electrons. The maximum Gasteiger partial charge on any atom is 0.167 e. The molecular formula is C16H17BrFNO2. The van der Waals surface area contributed by atoms with Crippen molar-refractivity contribution < 1.29 is 13.9 Å². The maximum absolute atomic E-state index is 13.7. The van der Waals surface area contributed by atoms with Crippen LogP contribution in [0.2, 0.25) is 0 Å². The zero-order valence-electron chi connectivity index (χ0n) is 11.9. The van der Waals surface area contributed by atoms with Crippen LogP contribution in [0.15, 0.2) is 40.9 Å². The second-order valence-corrected chi connectivity index (χ2v) is 5.82. The smallest absolute Gasteiger partial charge is 0.167 e. The van der Waals surface area contributed by atoms with Crippen molar-refractivity contribution in [3.05, 3.63) is 52.3 Å². The van der Waals surface area contributed by atoms with E-state index in [1.54, 1.807) is 0 Å². The Morgan fingerprint density at radius 2 is 1.81 bits per heavy atom. The minimum atomic E-state index is -0.489. The van der Waals surface area contributed by atoms with Gasteiger partial charge in [0, 0.05) is 16.6 Å². The predicted molar refractivity (Wildman–Crippen MR) is 85.1 cm³/mol. The highest BCUT2D eigenvalue weighted by molar-refractivity contribution is 9.10. The quantitative estimate of drug-likeness (QED) is 0.802. The van der Waals surface area contributed by atoms with Crippen molar-refractivity contribution in [2.45, 2.75) is 26.6 Å². The lowest BCUT2D eigenvalue weighted by molar-refractivity contribution is 0.228. The molecule has 5 heteroatoms. The summed E-state index contributed by atoms with van der Waals surface area (Å²) in [4.78, 5) is 0. The van der Waals surface area contributed by atoms with E-state index in [-0.39, 0.29) is 17.5 Å². The van der Waals surface area contributed by atoms with Gasteiger partial charge in [-0.2, -0.15) is 0 Å². The van der Waals surface area contributed by atoms with Crippen molar-refractivity contribution in [1.29, 1.82) is 0 Å². The van der Waals surface area contributed by atoms with Gasteiger partial charge in [-0.05, 0) is 31.5 Å². The molecule has 0 heterocycles. The highest BCUT2D eigenvalue weighted by Crippen LogP contribution is 2.31. The first-order valence-corrected chi connectivity index (χ1v) is 7.38. The summed E-state index contributed by atoms with van der Waals surface area (Å²) in [6.45, 7) is 4.01. The molecule has 0 saturated heterocycles. The molecule has 0 spiro atoms. The van der Waals surface area contributed by atoms with Crippen LogP contribution in [0.25, 0.3) is 0 Å². The number of ether oxygens (including phenoxy) is 2. The van der Waals surface area contributed by atoms with Gasteiger partial charge in [-0.25, -0.2) is 4.39 Å². The lowest BCUT2D eigenvalue weighted by Gasteiger charge is -2.14. The van der Waals surface area contributed by atoms with Crippen LogP contribution in [-0.2, 0) is 6.61 Å². The van der Waals surface area contributed by atoms with E-state index in [0.717, 1.165) is 10.0 Å². The molecule has 0 saturated carbocycles. The lowest BCUT2D eigenvalue weighted by Crippen LogP contribution is -2.08. The molecule has 0 aromatic heterocycles. The molecule has 2 rings (SSSR count). The Bertz CT molecular complexity index is 614. The molecule has 2 N–H and O–H groups in total. The average Bonchev–Trinajstić information content (AvgIpc) is 2.42. The summed E-state index contributed by atoms with van der Waals surface area (Å²) in [6.07, 6.45) is -0.123. The lowest BCUT2D eigenvalue weighted by atomic mass is 10.2. The summed E-state index contributed by atoms with van der Waals surface area (Å²) in [5, 5.41) is 0. The topological polar surface area (TPSA) is 44.5 Å². The van der Waals surface area contributed by atoms with Gasteiger partial charge < -0.3 is 15.2 Å². The minimum absolute atomic E-state index is 0.123. The third-order valence-electron chi connectivity index (χ3n) is 2.73. The van der Waals surface area contributed by atoms with E-state index in [4.69, 9.17) is 15.2 Å². The zero-order chi connectivity index (χ0) is 15.4. The summed E-state index contributed by atoms with van der Waals surface area (Å²) < 4.78 is 25.8. The summed E-state index contributed by atoms with van der Waals surface area (Å²) in [7, 11) is 0. The van der Waals surface area contributed by atoms with E-state index in [1.807, 2.05) is 38.1 Å². The minimum Gasteiger partial charge on any atom is -0.488 e. The molecule has 2 aromatic rings. The summed E-state index contributed by atoms with van der Waals surface area (Å²) >= 11 is 3.37.